The molecule has 0 N–H and O–H groups in total. The molecular weight excluding hydrogens is 306 g/mol. The summed E-state index contributed by atoms with van der Waals surface area (Å²) in [6.45, 7) is 3.00. The third-order valence-corrected chi connectivity index (χ3v) is 4.26. The van der Waals surface area contributed by atoms with Crippen molar-refractivity contribution in [2.75, 3.05) is 6.61 Å². The lowest BCUT2D eigenvalue weighted by Gasteiger charge is -2.28. The molecular formula is C17H19N5O2. The molecule has 0 radical (unpaired) electrons. The largest absolute Gasteiger partial charge is 0.475 e. The SMILES string of the molecule is c1coc(CN2Cc3ccnn3CC[C@@H]2COc2cnccn2)c1. The van der Waals surface area contributed by atoms with Crippen molar-refractivity contribution in [1.82, 2.24) is 24.6 Å². The fourth-order valence-electron chi connectivity index (χ4n) is 3.00. The van der Waals surface area contributed by atoms with Crippen LogP contribution in [0.1, 0.15) is 17.9 Å². The van der Waals surface area contributed by atoms with E-state index < -0.39 is 0 Å². The van der Waals surface area contributed by atoms with Crippen LogP contribution in [0.25, 0.3) is 0 Å². The first-order valence-electron chi connectivity index (χ1n) is 8.04. The summed E-state index contributed by atoms with van der Waals surface area (Å²) in [7, 11) is 0. The predicted molar refractivity (Wildman–Crippen MR) is 86.1 cm³/mol. The molecule has 7 nitrogen and oxygen atoms in total. The van der Waals surface area contributed by atoms with Crippen molar-refractivity contribution in [3.63, 3.8) is 0 Å². The monoisotopic (exact) mass is 325 g/mol. The summed E-state index contributed by atoms with van der Waals surface area (Å²) in [5, 5.41) is 4.40. The lowest BCUT2D eigenvalue weighted by atomic mass is 10.2. The van der Waals surface area contributed by atoms with Gasteiger partial charge in [-0.3, -0.25) is 14.6 Å². The second kappa shape index (κ2) is 6.84. The minimum atomic E-state index is 0.249. The summed E-state index contributed by atoms with van der Waals surface area (Å²) in [5.41, 5.74) is 1.21. The Labute approximate surface area is 139 Å². The van der Waals surface area contributed by atoms with Crippen LogP contribution in [0, 0.1) is 0 Å². The van der Waals surface area contributed by atoms with Crippen molar-refractivity contribution in [1.29, 1.82) is 0 Å². The van der Waals surface area contributed by atoms with Crippen LogP contribution in [0.5, 0.6) is 5.88 Å². The van der Waals surface area contributed by atoms with E-state index in [0.717, 1.165) is 31.8 Å². The average molecular weight is 325 g/mol. The molecule has 3 aromatic rings. The second-order valence-electron chi connectivity index (χ2n) is 5.83. The molecule has 124 valence electrons. The molecule has 0 aliphatic carbocycles. The molecule has 1 atom stereocenters. The van der Waals surface area contributed by atoms with Crippen molar-refractivity contribution < 1.29 is 9.15 Å². The predicted octanol–water partition coefficient (Wildman–Crippen LogP) is 2.12. The van der Waals surface area contributed by atoms with Gasteiger partial charge in [-0.15, -0.1) is 0 Å². The Morgan fingerprint density at radius 1 is 1.25 bits per heavy atom. The summed E-state index contributed by atoms with van der Waals surface area (Å²) in [6, 6.07) is 6.24. The third-order valence-electron chi connectivity index (χ3n) is 4.26. The number of hydrogen-bond acceptors (Lipinski definition) is 6. The number of furan rings is 1. The van der Waals surface area contributed by atoms with Gasteiger partial charge in [0.2, 0.25) is 5.88 Å². The van der Waals surface area contributed by atoms with E-state index in [1.807, 2.05) is 18.3 Å². The average Bonchev–Trinajstić information content (AvgIpc) is 3.25. The first-order valence-corrected chi connectivity index (χ1v) is 8.04. The molecule has 0 spiro atoms. The van der Waals surface area contributed by atoms with Crippen molar-refractivity contribution in [3.05, 3.63) is 60.7 Å². The standard InChI is InChI=1S/C17H19N5O2/c1-2-16(23-9-1)12-21-11-14-3-5-20-22(14)8-4-15(21)13-24-17-10-18-6-7-19-17/h1-3,5-7,9-10,15H,4,8,11-13H2/t15-/m1/s1. The Morgan fingerprint density at radius 2 is 2.25 bits per heavy atom. The fraction of sp³-hybridized carbons (Fsp3) is 0.353. The van der Waals surface area contributed by atoms with Gasteiger partial charge < -0.3 is 9.15 Å². The summed E-state index contributed by atoms with van der Waals surface area (Å²) in [6.07, 6.45) is 9.44. The zero-order valence-corrected chi connectivity index (χ0v) is 13.3. The van der Waals surface area contributed by atoms with Gasteiger partial charge in [-0.25, -0.2) is 4.98 Å². The maximum atomic E-state index is 5.85. The Hall–Kier alpha value is -2.67. The van der Waals surface area contributed by atoms with Gasteiger partial charge in [0.15, 0.2) is 0 Å². The van der Waals surface area contributed by atoms with E-state index >= 15 is 0 Å². The highest BCUT2D eigenvalue weighted by Gasteiger charge is 2.25. The maximum Gasteiger partial charge on any atom is 0.232 e. The van der Waals surface area contributed by atoms with E-state index in [1.165, 1.54) is 5.69 Å². The van der Waals surface area contributed by atoms with Gasteiger partial charge in [0.05, 0.1) is 24.7 Å². The lowest BCUT2D eigenvalue weighted by Crippen LogP contribution is -2.38. The Balaban J connectivity index is 1.50. The van der Waals surface area contributed by atoms with Gasteiger partial charge in [0.25, 0.3) is 0 Å². The number of hydrogen-bond donors (Lipinski definition) is 0. The summed E-state index contributed by atoms with van der Waals surface area (Å²) >= 11 is 0. The highest BCUT2D eigenvalue weighted by molar-refractivity contribution is 5.06. The van der Waals surface area contributed by atoms with Crippen LogP contribution >= 0.6 is 0 Å². The Morgan fingerprint density at radius 3 is 3.08 bits per heavy atom. The normalized spacial score (nSPS) is 18.1. The summed E-state index contributed by atoms with van der Waals surface area (Å²) < 4.78 is 13.4. The minimum absolute atomic E-state index is 0.249. The van der Waals surface area contributed by atoms with Crippen LogP contribution in [0.4, 0.5) is 0 Å². The van der Waals surface area contributed by atoms with E-state index in [0.29, 0.717) is 12.5 Å². The zero-order chi connectivity index (χ0) is 16.2. The van der Waals surface area contributed by atoms with Crippen molar-refractivity contribution in [2.24, 2.45) is 0 Å². The van der Waals surface area contributed by atoms with Crippen LogP contribution in [-0.2, 0) is 19.6 Å². The number of aromatic nitrogens is 4. The smallest absolute Gasteiger partial charge is 0.232 e. The number of rotatable bonds is 5. The number of fused-ring (bicyclic) bond motifs is 1. The Bertz CT molecular complexity index is 756. The number of ether oxygens (including phenoxy) is 1. The zero-order valence-electron chi connectivity index (χ0n) is 13.3. The lowest BCUT2D eigenvalue weighted by molar-refractivity contribution is 0.109. The molecule has 24 heavy (non-hydrogen) atoms. The molecule has 4 rings (SSSR count). The maximum absolute atomic E-state index is 5.85. The molecule has 1 aliphatic heterocycles. The van der Waals surface area contributed by atoms with E-state index in [9.17, 15) is 0 Å². The minimum Gasteiger partial charge on any atom is -0.475 e. The van der Waals surface area contributed by atoms with Crippen LogP contribution in [0.15, 0.2) is 53.7 Å². The molecule has 0 aromatic carbocycles. The first kappa shape index (κ1) is 14.9. The quantitative estimate of drug-likeness (QED) is 0.716. The van der Waals surface area contributed by atoms with Gasteiger partial charge in [-0.05, 0) is 24.6 Å². The van der Waals surface area contributed by atoms with Crippen LogP contribution in [0.3, 0.4) is 0 Å². The van der Waals surface area contributed by atoms with Gasteiger partial charge in [-0.1, -0.05) is 0 Å². The first-order chi connectivity index (χ1) is 11.9. The highest BCUT2D eigenvalue weighted by Crippen LogP contribution is 2.20. The second-order valence-corrected chi connectivity index (χ2v) is 5.83. The number of nitrogens with zero attached hydrogens (tertiary/aromatic N) is 5. The van der Waals surface area contributed by atoms with Crippen LogP contribution < -0.4 is 4.74 Å². The van der Waals surface area contributed by atoms with E-state index in [2.05, 4.69) is 30.7 Å². The highest BCUT2D eigenvalue weighted by atomic mass is 16.5. The molecule has 0 unspecified atom stereocenters. The van der Waals surface area contributed by atoms with Crippen molar-refractivity contribution in [2.45, 2.75) is 32.1 Å². The molecule has 0 saturated heterocycles. The molecule has 3 aromatic heterocycles. The van der Waals surface area contributed by atoms with E-state index in [1.54, 1.807) is 24.9 Å². The Kier molecular flexibility index (Phi) is 4.24. The van der Waals surface area contributed by atoms with Gasteiger partial charge in [0.1, 0.15) is 12.4 Å². The van der Waals surface area contributed by atoms with Crippen LogP contribution in [-0.4, -0.2) is 37.3 Å². The number of aryl methyl sites for hydroxylation is 1. The molecule has 4 heterocycles. The van der Waals surface area contributed by atoms with Crippen LogP contribution in [0.2, 0.25) is 0 Å². The molecule has 1 aliphatic rings. The van der Waals surface area contributed by atoms with Crippen molar-refractivity contribution >= 4 is 0 Å². The third kappa shape index (κ3) is 3.30. The molecule has 7 heteroatoms. The summed E-state index contributed by atoms with van der Waals surface area (Å²) in [4.78, 5) is 10.6. The van der Waals surface area contributed by atoms with Gasteiger partial charge in [-0.2, -0.15) is 5.10 Å². The topological polar surface area (TPSA) is 69.2 Å². The fourth-order valence-corrected chi connectivity index (χ4v) is 3.00. The van der Waals surface area contributed by atoms with E-state index in [-0.39, 0.29) is 6.04 Å². The molecule has 0 fully saturated rings. The molecule has 0 saturated carbocycles. The van der Waals surface area contributed by atoms with E-state index in [4.69, 9.17) is 9.15 Å². The molecule has 0 bridgehead atoms. The van der Waals surface area contributed by atoms with Gasteiger partial charge in [0, 0.05) is 37.7 Å². The van der Waals surface area contributed by atoms with Crippen molar-refractivity contribution in [3.8, 4) is 5.88 Å². The summed E-state index contributed by atoms with van der Waals surface area (Å²) in [5.74, 6) is 1.50. The van der Waals surface area contributed by atoms with Gasteiger partial charge >= 0.3 is 0 Å². The molecule has 0 amide bonds.